The van der Waals surface area contributed by atoms with Crippen LogP contribution in [0.25, 0.3) is 4.85 Å². The number of piperidine rings is 1. The maximum absolute atomic E-state index is 13.8. The Balaban J connectivity index is 0.776. The van der Waals surface area contributed by atoms with Crippen molar-refractivity contribution in [3.8, 4) is 17.6 Å². The summed E-state index contributed by atoms with van der Waals surface area (Å²) in [4.78, 5) is 80.4. The maximum atomic E-state index is 13.8. The fraction of sp³-hybridized carbons (Fsp3) is 0.444. The number of halogens is 1. The van der Waals surface area contributed by atoms with Crippen LogP contribution in [0.3, 0.4) is 0 Å². The summed E-state index contributed by atoms with van der Waals surface area (Å²) in [6.07, 6.45) is 2.02. The van der Waals surface area contributed by atoms with Gasteiger partial charge in [-0.25, -0.2) is 9.83 Å². The van der Waals surface area contributed by atoms with Crippen LogP contribution in [0.1, 0.15) is 95.8 Å². The smallest absolute Gasteiger partial charge is 0.262 e. The van der Waals surface area contributed by atoms with Gasteiger partial charge in [0.2, 0.25) is 17.5 Å². The largest absolute Gasteiger partial charge is 0.489 e. The number of pyridine rings is 1. The number of hydrogen-bond acceptors (Lipinski definition) is 9. The zero-order valence-electron chi connectivity index (χ0n) is 33.4. The molecule has 13 nitrogen and oxygen atoms in total. The molecular weight excluding hydrogens is 814 g/mol. The van der Waals surface area contributed by atoms with Crippen molar-refractivity contribution in [3.63, 3.8) is 0 Å². The van der Waals surface area contributed by atoms with Crippen LogP contribution in [-0.4, -0.2) is 99.6 Å². The predicted octanol–water partition coefficient (Wildman–Crippen LogP) is 5.59. The lowest BCUT2D eigenvalue weighted by Gasteiger charge is -2.65. The van der Waals surface area contributed by atoms with Crippen LogP contribution in [0.15, 0.2) is 53.0 Å². The SMILES string of the molecule is [C-]#[N+]c1ccc(OC2C(C)(C)C(N3Cc4nc(C#CC5CC(N6CCN(c7ccc8c(c7)C(=O)N(C7CCC(=O)NC7=O)C8=O)CC6)C5)ccc4C3=O)C2(C)C)cc1Br. The molecule has 1 N–H and O–H groups in total. The minimum absolute atomic E-state index is 0.0149. The number of hydrogen-bond donors (Lipinski definition) is 1. The molecule has 302 valence electrons. The fourth-order valence-corrected chi connectivity index (χ4v) is 11.1. The number of fused-ring (bicyclic) bond motifs is 2. The molecule has 1 atom stereocenters. The average Bonchev–Trinajstić information content (AvgIpc) is 3.63. The second kappa shape index (κ2) is 14.3. The Morgan fingerprint density at radius 2 is 1.59 bits per heavy atom. The van der Waals surface area contributed by atoms with Gasteiger partial charge in [0.05, 0.1) is 35.5 Å². The molecule has 5 heterocycles. The number of anilines is 1. The summed E-state index contributed by atoms with van der Waals surface area (Å²) in [5, 5.41) is 2.24. The van der Waals surface area contributed by atoms with E-state index >= 15 is 0 Å². The van der Waals surface area contributed by atoms with Crippen LogP contribution in [0, 0.1) is 35.2 Å². The monoisotopic (exact) mass is 857 g/mol. The Hall–Kier alpha value is -5.57. The summed E-state index contributed by atoms with van der Waals surface area (Å²) in [6.45, 7) is 19.6. The number of piperazine rings is 1. The number of nitrogens with one attached hydrogen (secondary N) is 1. The van der Waals surface area contributed by atoms with Gasteiger partial charge in [-0.15, -0.1) is 0 Å². The Morgan fingerprint density at radius 1 is 0.881 bits per heavy atom. The second-order valence-electron chi connectivity index (χ2n) is 17.7. The van der Waals surface area contributed by atoms with Gasteiger partial charge in [-0.3, -0.25) is 39.1 Å². The van der Waals surface area contributed by atoms with Crippen LogP contribution < -0.4 is 15.0 Å². The van der Waals surface area contributed by atoms with E-state index < -0.39 is 29.7 Å². The molecule has 1 unspecified atom stereocenters. The van der Waals surface area contributed by atoms with Gasteiger partial charge in [0, 0.05) is 71.6 Å². The molecule has 6 aliphatic rings. The third kappa shape index (κ3) is 6.48. The van der Waals surface area contributed by atoms with Gasteiger partial charge in [-0.2, -0.15) is 0 Å². The van der Waals surface area contributed by atoms with E-state index in [-0.39, 0.29) is 53.2 Å². The zero-order valence-corrected chi connectivity index (χ0v) is 35.0. The molecule has 4 aliphatic heterocycles. The normalized spacial score (nSPS) is 26.9. The lowest BCUT2D eigenvalue weighted by molar-refractivity contribution is -0.199. The van der Waals surface area contributed by atoms with Crippen LogP contribution >= 0.6 is 15.9 Å². The minimum Gasteiger partial charge on any atom is -0.489 e. The van der Waals surface area contributed by atoms with Gasteiger partial charge in [0.25, 0.3) is 17.7 Å². The molecular formula is C45H44BrN7O6. The molecule has 59 heavy (non-hydrogen) atoms. The van der Waals surface area contributed by atoms with Crippen molar-refractivity contribution in [1.29, 1.82) is 0 Å². The highest BCUT2D eigenvalue weighted by atomic mass is 79.9. The Labute approximate surface area is 351 Å². The first-order valence-corrected chi connectivity index (χ1v) is 21.0. The molecule has 2 aliphatic carbocycles. The first kappa shape index (κ1) is 38.9. The van der Waals surface area contributed by atoms with Crippen molar-refractivity contribution < 1.29 is 28.7 Å². The first-order chi connectivity index (χ1) is 28.1. The van der Waals surface area contributed by atoms with E-state index in [1.54, 1.807) is 18.2 Å². The molecule has 5 amide bonds. The molecule has 2 saturated carbocycles. The lowest BCUT2D eigenvalue weighted by atomic mass is 9.49. The summed E-state index contributed by atoms with van der Waals surface area (Å²) < 4.78 is 7.21. The number of ether oxygens (including phenoxy) is 1. The third-order valence-corrected chi connectivity index (χ3v) is 13.9. The number of aromatic nitrogens is 1. The molecule has 0 bridgehead atoms. The van der Waals surface area contributed by atoms with E-state index in [1.165, 1.54) is 0 Å². The molecule has 0 radical (unpaired) electrons. The number of carbonyl (C=O) groups excluding carboxylic acids is 5. The molecule has 4 fully saturated rings. The Morgan fingerprint density at radius 3 is 2.29 bits per heavy atom. The van der Waals surface area contributed by atoms with Crippen molar-refractivity contribution in [1.82, 2.24) is 25.0 Å². The molecule has 3 aromatic rings. The van der Waals surface area contributed by atoms with Crippen LogP contribution in [0.5, 0.6) is 5.75 Å². The Bertz CT molecular complexity index is 2440. The van der Waals surface area contributed by atoms with Crippen molar-refractivity contribution in [2.24, 2.45) is 16.7 Å². The maximum Gasteiger partial charge on any atom is 0.262 e. The highest BCUT2D eigenvalue weighted by Gasteiger charge is 2.67. The summed E-state index contributed by atoms with van der Waals surface area (Å²) in [6, 6.07) is 13.8. The van der Waals surface area contributed by atoms with E-state index in [9.17, 15) is 24.0 Å². The molecule has 0 spiro atoms. The van der Waals surface area contributed by atoms with Crippen molar-refractivity contribution >= 4 is 56.8 Å². The van der Waals surface area contributed by atoms with Gasteiger partial charge in [0.15, 0.2) is 0 Å². The molecule has 2 saturated heterocycles. The van der Waals surface area contributed by atoms with E-state index in [2.05, 4.69) is 75.4 Å². The number of amides is 5. The van der Waals surface area contributed by atoms with Crippen molar-refractivity contribution in [2.45, 2.75) is 84.2 Å². The number of imide groups is 2. The van der Waals surface area contributed by atoms with Gasteiger partial charge in [0.1, 0.15) is 23.6 Å². The topological polar surface area (TPSA) is 137 Å². The first-order valence-electron chi connectivity index (χ1n) is 20.2. The standard InChI is InChI=1S/C45H44BrN7O6/c1-44(2)42(45(3,4)43(44)59-29-10-13-34(47-5)33(46)23-29)52-24-35-31(39(52)56)11-8-26(48-35)7-6-25-20-28(21-25)51-18-16-50(17-19-51)27-9-12-30-32(22-27)41(58)53(40(30)57)36-14-15-37(54)49-38(36)55/h8-13,22-23,25,28,36,42-43H,14-21,24H2,1-4H3,(H,49,54,55). The third-order valence-electron chi connectivity index (χ3n) is 13.3. The van der Waals surface area contributed by atoms with Gasteiger partial charge in [-0.1, -0.05) is 55.6 Å². The quantitative estimate of drug-likeness (QED) is 0.191. The van der Waals surface area contributed by atoms with E-state index in [0.29, 0.717) is 45.3 Å². The Kier molecular flexibility index (Phi) is 9.44. The van der Waals surface area contributed by atoms with E-state index in [0.717, 1.165) is 55.3 Å². The van der Waals surface area contributed by atoms with Crippen LogP contribution in [0.2, 0.25) is 0 Å². The zero-order chi connectivity index (χ0) is 41.5. The van der Waals surface area contributed by atoms with E-state index in [1.807, 2.05) is 35.2 Å². The highest BCUT2D eigenvalue weighted by Crippen LogP contribution is 2.59. The van der Waals surface area contributed by atoms with Gasteiger partial charge < -0.3 is 14.5 Å². The lowest BCUT2D eigenvalue weighted by Crippen LogP contribution is -2.74. The summed E-state index contributed by atoms with van der Waals surface area (Å²) in [5.41, 5.74) is 3.36. The van der Waals surface area contributed by atoms with Crippen molar-refractivity contribution in [2.75, 3.05) is 31.1 Å². The highest BCUT2D eigenvalue weighted by molar-refractivity contribution is 9.10. The second-order valence-corrected chi connectivity index (χ2v) is 18.5. The number of rotatable bonds is 6. The van der Waals surface area contributed by atoms with Crippen LogP contribution in [-0.2, 0) is 16.1 Å². The van der Waals surface area contributed by atoms with Gasteiger partial charge in [-0.05, 0) is 67.6 Å². The average molecular weight is 859 g/mol. The van der Waals surface area contributed by atoms with Crippen LogP contribution in [0.4, 0.5) is 11.4 Å². The number of carbonyl (C=O) groups is 5. The predicted molar refractivity (Wildman–Crippen MR) is 221 cm³/mol. The molecule has 2 aromatic carbocycles. The van der Waals surface area contributed by atoms with Crippen molar-refractivity contribution in [3.05, 3.63) is 92.5 Å². The fourth-order valence-electron chi connectivity index (χ4n) is 10.7. The molecule has 9 rings (SSSR count). The van der Waals surface area contributed by atoms with E-state index in [4.69, 9.17) is 16.3 Å². The molecule has 1 aromatic heterocycles. The minimum atomic E-state index is -0.982. The molecule has 14 heteroatoms. The number of benzene rings is 2. The summed E-state index contributed by atoms with van der Waals surface area (Å²) in [5.74, 6) is 5.67. The summed E-state index contributed by atoms with van der Waals surface area (Å²) in [7, 11) is 0. The van der Waals surface area contributed by atoms with Gasteiger partial charge >= 0.3 is 0 Å². The number of nitrogens with zero attached hydrogens (tertiary/aromatic N) is 6. The summed E-state index contributed by atoms with van der Waals surface area (Å²) >= 11 is 3.47.